The number of amides is 3. The van der Waals surface area contributed by atoms with E-state index < -0.39 is 0 Å². The Hall–Kier alpha value is -2.08. The second kappa shape index (κ2) is 7.74. The number of likely N-dealkylation sites (tertiary alicyclic amines) is 1. The number of ether oxygens (including phenoxy) is 1. The van der Waals surface area contributed by atoms with E-state index in [4.69, 9.17) is 4.74 Å². The first kappa shape index (κ1) is 19.2. The van der Waals surface area contributed by atoms with Crippen LogP contribution in [0.4, 0.5) is 4.79 Å². The van der Waals surface area contributed by atoms with Gasteiger partial charge in [0.2, 0.25) is 5.91 Å². The lowest BCUT2D eigenvalue weighted by Crippen LogP contribution is -2.52. The number of hydrogen-bond acceptors (Lipinski definition) is 3. The summed E-state index contributed by atoms with van der Waals surface area (Å²) in [6.45, 7) is 4.24. The molecule has 4 rings (SSSR count). The molecule has 0 aromatic heterocycles. The van der Waals surface area contributed by atoms with Crippen LogP contribution in [0, 0.1) is 0 Å². The van der Waals surface area contributed by atoms with Crippen LogP contribution in [-0.4, -0.2) is 80.1 Å². The summed E-state index contributed by atoms with van der Waals surface area (Å²) < 4.78 is 5.37. The van der Waals surface area contributed by atoms with Gasteiger partial charge in [0, 0.05) is 46.7 Å². The van der Waals surface area contributed by atoms with Crippen molar-refractivity contribution in [2.24, 2.45) is 0 Å². The van der Waals surface area contributed by atoms with E-state index in [-0.39, 0.29) is 23.3 Å². The molecule has 1 aromatic rings. The molecular weight excluding hydrogens is 354 g/mol. The average Bonchev–Trinajstić information content (AvgIpc) is 3.02. The predicted molar refractivity (Wildman–Crippen MR) is 107 cm³/mol. The summed E-state index contributed by atoms with van der Waals surface area (Å²) in [7, 11) is 3.66. The lowest BCUT2D eigenvalue weighted by molar-refractivity contribution is -0.129. The fourth-order valence-electron chi connectivity index (χ4n) is 5.16. The highest BCUT2D eigenvalue weighted by Gasteiger charge is 2.46. The first-order valence-electron chi connectivity index (χ1n) is 10.4. The van der Waals surface area contributed by atoms with Gasteiger partial charge in [-0.1, -0.05) is 24.3 Å². The molecule has 6 nitrogen and oxygen atoms in total. The highest BCUT2D eigenvalue weighted by atomic mass is 16.5. The van der Waals surface area contributed by atoms with Crippen LogP contribution in [0.1, 0.15) is 42.7 Å². The van der Waals surface area contributed by atoms with Crippen LogP contribution in [0.15, 0.2) is 24.3 Å². The molecule has 3 aliphatic rings. The predicted octanol–water partition coefficient (Wildman–Crippen LogP) is 2.44. The Morgan fingerprint density at radius 2 is 1.71 bits per heavy atom. The largest absolute Gasteiger partial charge is 0.378 e. The van der Waals surface area contributed by atoms with Crippen molar-refractivity contribution in [1.82, 2.24) is 14.7 Å². The molecular formula is C22H31N3O3. The molecule has 0 unspecified atom stereocenters. The van der Waals surface area contributed by atoms with Crippen molar-refractivity contribution < 1.29 is 14.3 Å². The molecule has 2 heterocycles. The zero-order valence-corrected chi connectivity index (χ0v) is 17.0. The van der Waals surface area contributed by atoms with Crippen molar-refractivity contribution in [1.29, 1.82) is 0 Å². The van der Waals surface area contributed by atoms with Crippen LogP contribution in [0.3, 0.4) is 0 Å². The maximum atomic E-state index is 12.8. The zero-order chi connectivity index (χ0) is 19.7. The van der Waals surface area contributed by atoms with Gasteiger partial charge in [0.05, 0.1) is 13.2 Å². The smallest absolute Gasteiger partial charge is 0.320 e. The minimum atomic E-state index is 0.107. The van der Waals surface area contributed by atoms with E-state index >= 15 is 0 Å². The monoisotopic (exact) mass is 385 g/mol. The minimum Gasteiger partial charge on any atom is -0.378 e. The van der Waals surface area contributed by atoms with E-state index in [0.717, 1.165) is 32.4 Å². The third kappa shape index (κ3) is 3.50. The van der Waals surface area contributed by atoms with Gasteiger partial charge in [0.25, 0.3) is 0 Å². The summed E-state index contributed by atoms with van der Waals surface area (Å²) in [5.74, 6) is 0.476. The Balaban J connectivity index is 1.47. The summed E-state index contributed by atoms with van der Waals surface area (Å²) in [6, 6.07) is 8.80. The number of carbonyl (C=O) groups is 2. The van der Waals surface area contributed by atoms with Gasteiger partial charge in [-0.25, -0.2) is 4.79 Å². The van der Waals surface area contributed by atoms with Gasteiger partial charge in [-0.3, -0.25) is 4.79 Å². The van der Waals surface area contributed by atoms with Crippen LogP contribution in [0.2, 0.25) is 0 Å². The molecule has 6 heteroatoms. The van der Waals surface area contributed by atoms with Gasteiger partial charge in [-0.15, -0.1) is 0 Å². The fourth-order valence-corrected chi connectivity index (χ4v) is 5.16. The molecule has 2 fully saturated rings. The Kier molecular flexibility index (Phi) is 5.32. The first-order chi connectivity index (χ1) is 13.5. The molecule has 1 aliphatic carbocycles. The highest BCUT2D eigenvalue weighted by Crippen LogP contribution is 2.52. The Morgan fingerprint density at radius 3 is 2.39 bits per heavy atom. The lowest BCUT2D eigenvalue weighted by Gasteiger charge is -2.42. The number of carbonyl (C=O) groups excluding carboxylic acids is 2. The maximum absolute atomic E-state index is 12.8. The number of hydrogen-bond donors (Lipinski definition) is 0. The van der Waals surface area contributed by atoms with Crippen LogP contribution in [0.5, 0.6) is 0 Å². The Morgan fingerprint density at radius 1 is 1.07 bits per heavy atom. The van der Waals surface area contributed by atoms with E-state index in [1.165, 1.54) is 11.1 Å². The van der Waals surface area contributed by atoms with Gasteiger partial charge in [0.15, 0.2) is 0 Å². The van der Waals surface area contributed by atoms with Crippen LogP contribution >= 0.6 is 0 Å². The van der Waals surface area contributed by atoms with Gasteiger partial charge in [0.1, 0.15) is 0 Å². The third-order valence-electron chi connectivity index (χ3n) is 6.80. The fraction of sp³-hybridized carbons (Fsp3) is 0.636. The van der Waals surface area contributed by atoms with E-state index in [9.17, 15) is 9.59 Å². The summed E-state index contributed by atoms with van der Waals surface area (Å²) in [5.41, 5.74) is 2.85. The minimum absolute atomic E-state index is 0.107. The second-order valence-corrected chi connectivity index (χ2v) is 8.63. The number of rotatable bonds is 2. The van der Waals surface area contributed by atoms with Crippen molar-refractivity contribution >= 4 is 11.9 Å². The molecule has 28 heavy (non-hydrogen) atoms. The molecule has 1 atom stereocenters. The molecule has 0 N–H and O–H groups in total. The molecule has 2 aliphatic heterocycles. The Bertz CT molecular complexity index is 734. The quantitative estimate of drug-likeness (QED) is 0.786. The van der Waals surface area contributed by atoms with Crippen LogP contribution in [-0.2, 0) is 14.9 Å². The van der Waals surface area contributed by atoms with Gasteiger partial charge in [-0.05, 0) is 41.7 Å². The molecule has 0 saturated carbocycles. The summed E-state index contributed by atoms with van der Waals surface area (Å²) in [4.78, 5) is 30.8. The normalized spacial score (nSPS) is 23.6. The van der Waals surface area contributed by atoms with Crippen molar-refractivity contribution in [3.8, 4) is 0 Å². The highest BCUT2D eigenvalue weighted by molar-refractivity contribution is 5.77. The zero-order valence-electron chi connectivity index (χ0n) is 17.0. The van der Waals surface area contributed by atoms with Gasteiger partial charge in [-0.2, -0.15) is 0 Å². The number of nitrogens with zero attached hydrogens (tertiary/aromatic N) is 3. The molecule has 1 aromatic carbocycles. The maximum Gasteiger partial charge on any atom is 0.320 e. The topological polar surface area (TPSA) is 53.1 Å². The average molecular weight is 386 g/mol. The van der Waals surface area contributed by atoms with E-state index in [2.05, 4.69) is 24.3 Å². The van der Waals surface area contributed by atoms with Gasteiger partial charge < -0.3 is 19.4 Å². The van der Waals surface area contributed by atoms with E-state index in [1.54, 1.807) is 4.90 Å². The summed E-state index contributed by atoms with van der Waals surface area (Å²) in [5, 5.41) is 0. The first-order valence-corrected chi connectivity index (χ1v) is 10.4. The molecule has 3 amide bonds. The molecule has 2 saturated heterocycles. The molecule has 0 bridgehead atoms. The molecule has 1 spiro atoms. The van der Waals surface area contributed by atoms with E-state index in [1.807, 2.05) is 23.9 Å². The number of morpholine rings is 1. The van der Waals surface area contributed by atoms with Gasteiger partial charge >= 0.3 is 6.03 Å². The summed E-state index contributed by atoms with van der Waals surface area (Å²) in [6.07, 6.45) is 3.55. The lowest BCUT2D eigenvalue weighted by atomic mass is 9.73. The number of benzene rings is 1. The molecule has 152 valence electrons. The Labute approximate surface area is 167 Å². The number of urea groups is 1. The third-order valence-corrected chi connectivity index (χ3v) is 6.80. The summed E-state index contributed by atoms with van der Waals surface area (Å²) >= 11 is 0. The van der Waals surface area contributed by atoms with Crippen LogP contribution < -0.4 is 0 Å². The van der Waals surface area contributed by atoms with E-state index in [0.29, 0.717) is 32.7 Å². The van der Waals surface area contributed by atoms with Crippen molar-refractivity contribution in [2.75, 3.05) is 53.5 Å². The second-order valence-electron chi connectivity index (χ2n) is 8.63. The van der Waals surface area contributed by atoms with Crippen molar-refractivity contribution in [3.63, 3.8) is 0 Å². The van der Waals surface area contributed by atoms with Crippen molar-refractivity contribution in [3.05, 3.63) is 35.4 Å². The number of piperidine rings is 1. The van der Waals surface area contributed by atoms with Crippen molar-refractivity contribution in [2.45, 2.75) is 37.0 Å². The SMILES string of the molecule is CN(C)C(=O)C[C@H]1CC2(CCN(C(=O)N3CCOCC3)CC2)c2ccccc21. The molecule has 0 radical (unpaired) electrons. The van der Waals surface area contributed by atoms with Crippen LogP contribution in [0.25, 0.3) is 0 Å². The number of fused-ring (bicyclic) bond motifs is 2. The standard InChI is InChI=1S/C22H31N3O3/c1-23(2)20(26)15-17-16-22(19-6-4-3-5-18(17)19)7-9-24(10-8-22)21(27)25-11-13-28-14-12-25/h3-6,17H,7-16H2,1-2H3/t17-/m0/s1.